The average molecular weight is 255 g/mol. The molecule has 0 N–H and O–H groups in total. The molecule has 0 unspecified atom stereocenters. The Morgan fingerprint density at radius 2 is 2.06 bits per heavy atom. The summed E-state index contributed by atoms with van der Waals surface area (Å²) in [6, 6.07) is 5.40. The van der Waals surface area contributed by atoms with Gasteiger partial charge in [0.05, 0.1) is 11.9 Å². The van der Waals surface area contributed by atoms with Gasteiger partial charge in [-0.05, 0) is 23.7 Å². The van der Waals surface area contributed by atoms with E-state index in [0.29, 0.717) is 11.0 Å². The summed E-state index contributed by atoms with van der Waals surface area (Å²) in [5.74, 6) is 0.623. The van der Waals surface area contributed by atoms with Crippen LogP contribution in [0.15, 0.2) is 30.6 Å². The smallest absolute Gasteiger partial charge is 0.225 e. The van der Waals surface area contributed by atoms with E-state index in [1.54, 1.807) is 18.5 Å². The van der Waals surface area contributed by atoms with Gasteiger partial charge in [0.1, 0.15) is 11.0 Å². The van der Waals surface area contributed by atoms with E-state index >= 15 is 0 Å². The van der Waals surface area contributed by atoms with Crippen LogP contribution in [0.3, 0.4) is 0 Å². The third-order valence-electron chi connectivity index (χ3n) is 2.03. The largest absolute Gasteiger partial charge is 0.328 e. The minimum atomic E-state index is 0.123. The maximum absolute atomic E-state index is 5.80. The molecule has 0 aliphatic rings. The third kappa shape index (κ3) is 2.40. The van der Waals surface area contributed by atoms with Crippen molar-refractivity contribution in [3.05, 3.63) is 41.0 Å². The SMILES string of the molecule is CN(c1cccnc1)c1cc(Cl)nc(Cl)n1. The van der Waals surface area contributed by atoms with Crippen LogP contribution < -0.4 is 4.90 Å². The van der Waals surface area contributed by atoms with Gasteiger partial charge < -0.3 is 4.90 Å². The second-order valence-corrected chi connectivity index (χ2v) is 3.81. The van der Waals surface area contributed by atoms with Crippen molar-refractivity contribution in [2.75, 3.05) is 11.9 Å². The Bertz CT molecular complexity index is 469. The van der Waals surface area contributed by atoms with Crippen LogP contribution in [0.1, 0.15) is 0 Å². The van der Waals surface area contributed by atoms with Crippen molar-refractivity contribution in [3.8, 4) is 0 Å². The summed E-state index contributed by atoms with van der Waals surface area (Å²) in [7, 11) is 1.85. The Hall–Kier alpha value is -1.39. The molecule has 0 saturated carbocycles. The number of hydrogen-bond donors (Lipinski definition) is 0. The number of pyridine rings is 1. The molecule has 4 nitrogen and oxygen atoms in total. The van der Waals surface area contributed by atoms with E-state index in [-0.39, 0.29) is 5.28 Å². The number of hydrogen-bond acceptors (Lipinski definition) is 4. The highest BCUT2D eigenvalue weighted by Gasteiger charge is 2.08. The average Bonchev–Trinajstić information content (AvgIpc) is 2.28. The molecule has 82 valence electrons. The fourth-order valence-corrected chi connectivity index (χ4v) is 1.63. The molecule has 0 aliphatic heterocycles. The second kappa shape index (κ2) is 4.63. The quantitative estimate of drug-likeness (QED) is 0.611. The van der Waals surface area contributed by atoms with Crippen molar-refractivity contribution >= 4 is 34.7 Å². The zero-order valence-electron chi connectivity index (χ0n) is 8.43. The number of anilines is 2. The lowest BCUT2D eigenvalue weighted by molar-refractivity contribution is 1.07. The third-order valence-corrected chi connectivity index (χ3v) is 2.39. The van der Waals surface area contributed by atoms with E-state index in [4.69, 9.17) is 23.2 Å². The van der Waals surface area contributed by atoms with Crippen LogP contribution >= 0.6 is 23.2 Å². The molecule has 6 heteroatoms. The first-order valence-corrected chi connectivity index (χ1v) is 5.26. The molecular formula is C10H8Cl2N4. The molecule has 0 radical (unpaired) electrons. The zero-order chi connectivity index (χ0) is 11.5. The number of rotatable bonds is 2. The molecular weight excluding hydrogens is 247 g/mol. The predicted molar refractivity (Wildman–Crippen MR) is 64.4 cm³/mol. The topological polar surface area (TPSA) is 41.9 Å². The molecule has 16 heavy (non-hydrogen) atoms. The molecule has 0 saturated heterocycles. The van der Waals surface area contributed by atoms with Gasteiger partial charge in [0, 0.05) is 19.3 Å². The van der Waals surface area contributed by atoms with Crippen molar-refractivity contribution in [1.82, 2.24) is 15.0 Å². The molecule has 0 atom stereocenters. The molecule has 2 rings (SSSR count). The summed E-state index contributed by atoms with van der Waals surface area (Å²) in [5.41, 5.74) is 0.897. The first kappa shape index (κ1) is 11.1. The van der Waals surface area contributed by atoms with Crippen molar-refractivity contribution in [2.45, 2.75) is 0 Å². The number of aromatic nitrogens is 3. The lowest BCUT2D eigenvalue weighted by Crippen LogP contribution is -2.11. The van der Waals surface area contributed by atoms with Crippen LogP contribution in [-0.2, 0) is 0 Å². The predicted octanol–water partition coefficient (Wildman–Crippen LogP) is 2.95. The van der Waals surface area contributed by atoms with Crippen molar-refractivity contribution in [3.63, 3.8) is 0 Å². The minimum Gasteiger partial charge on any atom is -0.328 e. The van der Waals surface area contributed by atoms with Gasteiger partial charge in [0.25, 0.3) is 0 Å². The maximum Gasteiger partial charge on any atom is 0.225 e. The van der Waals surface area contributed by atoms with Crippen LogP contribution in [0.4, 0.5) is 11.5 Å². The first-order chi connectivity index (χ1) is 7.66. The van der Waals surface area contributed by atoms with Gasteiger partial charge in [-0.25, -0.2) is 9.97 Å². The van der Waals surface area contributed by atoms with E-state index in [9.17, 15) is 0 Å². The van der Waals surface area contributed by atoms with Crippen LogP contribution in [0, 0.1) is 0 Å². The molecule has 2 aromatic heterocycles. The Balaban J connectivity index is 2.37. The highest BCUT2D eigenvalue weighted by Crippen LogP contribution is 2.23. The second-order valence-electron chi connectivity index (χ2n) is 3.09. The maximum atomic E-state index is 5.80. The lowest BCUT2D eigenvalue weighted by Gasteiger charge is -2.17. The summed E-state index contributed by atoms with van der Waals surface area (Å²) in [5, 5.41) is 0.434. The fraction of sp³-hybridized carbons (Fsp3) is 0.100. The van der Waals surface area contributed by atoms with Crippen molar-refractivity contribution < 1.29 is 0 Å². The standard InChI is InChI=1S/C10H8Cl2N4/c1-16(7-3-2-4-13-6-7)9-5-8(11)14-10(12)15-9/h2-6H,1H3. The van der Waals surface area contributed by atoms with Gasteiger partial charge in [-0.3, -0.25) is 4.98 Å². The van der Waals surface area contributed by atoms with Crippen LogP contribution in [0.2, 0.25) is 10.4 Å². The Morgan fingerprint density at radius 1 is 1.25 bits per heavy atom. The van der Waals surface area contributed by atoms with Crippen molar-refractivity contribution in [1.29, 1.82) is 0 Å². The Morgan fingerprint density at radius 3 is 2.69 bits per heavy atom. The van der Waals surface area contributed by atoms with E-state index in [0.717, 1.165) is 5.69 Å². The monoisotopic (exact) mass is 254 g/mol. The molecule has 2 aromatic rings. The molecule has 0 fully saturated rings. The molecule has 0 spiro atoms. The van der Waals surface area contributed by atoms with E-state index in [2.05, 4.69) is 15.0 Å². The van der Waals surface area contributed by atoms with E-state index in [1.807, 2.05) is 24.1 Å². The lowest BCUT2D eigenvalue weighted by atomic mass is 10.4. The Kier molecular flexibility index (Phi) is 3.22. The van der Waals surface area contributed by atoms with Gasteiger partial charge in [-0.1, -0.05) is 11.6 Å². The highest BCUT2D eigenvalue weighted by molar-refractivity contribution is 6.32. The number of halogens is 2. The minimum absolute atomic E-state index is 0.123. The highest BCUT2D eigenvalue weighted by atomic mass is 35.5. The zero-order valence-corrected chi connectivity index (χ0v) is 9.94. The molecule has 0 amide bonds. The molecule has 0 bridgehead atoms. The van der Waals surface area contributed by atoms with Gasteiger partial charge in [0.15, 0.2) is 0 Å². The molecule has 0 aliphatic carbocycles. The van der Waals surface area contributed by atoms with E-state index in [1.165, 1.54) is 0 Å². The van der Waals surface area contributed by atoms with Gasteiger partial charge in [-0.2, -0.15) is 0 Å². The van der Waals surface area contributed by atoms with Gasteiger partial charge >= 0.3 is 0 Å². The molecule has 2 heterocycles. The van der Waals surface area contributed by atoms with Crippen LogP contribution in [0.5, 0.6) is 0 Å². The number of nitrogens with zero attached hydrogens (tertiary/aromatic N) is 4. The summed E-state index contributed by atoms with van der Waals surface area (Å²) in [4.78, 5) is 13.7. The summed E-state index contributed by atoms with van der Waals surface area (Å²) < 4.78 is 0. The molecule has 0 aromatic carbocycles. The Labute approximate surface area is 103 Å². The van der Waals surface area contributed by atoms with Crippen molar-refractivity contribution in [2.24, 2.45) is 0 Å². The normalized spacial score (nSPS) is 10.2. The van der Waals surface area contributed by atoms with Crippen LogP contribution in [-0.4, -0.2) is 22.0 Å². The van der Waals surface area contributed by atoms with E-state index < -0.39 is 0 Å². The fourth-order valence-electron chi connectivity index (χ4n) is 1.23. The first-order valence-electron chi connectivity index (χ1n) is 4.50. The van der Waals surface area contributed by atoms with Crippen LogP contribution in [0.25, 0.3) is 0 Å². The van der Waals surface area contributed by atoms with Gasteiger partial charge in [0.2, 0.25) is 5.28 Å². The van der Waals surface area contributed by atoms with Gasteiger partial charge in [-0.15, -0.1) is 0 Å². The summed E-state index contributed by atoms with van der Waals surface area (Å²) in [6.45, 7) is 0. The summed E-state index contributed by atoms with van der Waals surface area (Å²) >= 11 is 11.5. The summed E-state index contributed by atoms with van der Waals surface area (Å²) in [6.07, 6.45) is 3.43.